The van der Waals surface area contributed by atoms with Gasteiger partial charge < -0.3 is 20.8 Å². The third kappa shape index (κ3) is 10.2. The lowest BCUT2D eigenvalue weighted by Gasteiger charge is -2.42. The molecule has 2 heterocycles. The Hall–Kier alpha value is -2.85. The number of amides is 1. The van der Waals surface area contributed by atoms with Crippen LogP contribution in [-0.4, -0.2) is 93.3 Å². The number of carboxylic acids is 1. The van der Waals surface area contributed by atoms with Crippen molar-refractivity contribution in [3.8, 4) is 0 Å². The van der Waals surface area contributed by atoms with Gasteiger partial charge in [-0.2, -0.15) is 0 Å². The van der Waals surface area contributed by atoms with Gasteiger partial charge in [0.2, 0.25) is 5.91 Å². The Bertz CT molecular complexity index is 983. The largest absolute Gasteiger partial charge is 0.480 e. The normalized spacial score (nSPS) is 18.8. The van der Waals surface area contributed by atoms with Crippen molar-refractivity contribution in [3.05, 3.63) is 66.0 Å². The number of β-amino-alcohol motifs (C(OH)–C–C–N with tert-alkyl or cyclic N) is 1. The third-order valence-corrected chi connectivity index (χ3v) is 6.37. The number of carbonyl (C=O) groups is 2. The molecule has 1 fully saturated rings. The van der Waals surface area contributed by atoms with Gasteiger partial charge in [-0.1, -0.05) is 36.4 Å². The van der Waals surface area contributed by atoms with Crippen LogP contribution < -0.4 is 10.6 Å². The van der Waals surface area contributed by atoms with Crippen molar-refractivity contribution in [1.82, 2.24) is 25.4 Å². The van der Waals surface area contributed by atoms with Gasteiger partial charge in [0.05, 0.1) is 12.6 Å². The average molecular weight is 512 g/mol. The lowest BCUT2D eigenvalue weighted by atomic mass is 9.99. The molecule has 1 aromatic heterocycles. The minimum absolute atomic E-state index is 0.0552. The second kappa shape index (κ2) is 13.6. The number of rotatable bonds is 12. The molecule has 0 bridgehead atoms. The fourth-order valence-corrected chi connectivity index (χ4v) is 4.73. The van der Waals surface area contributed by atoms with Crippen molar-refractivity contribution >= 4 is 11.9 Å². The first-order chi connectivity index (χ1) is 17.6. The van der Waals surface area contributed by atoms with E-state index >= 15 is 0 Å². The number of nitrogens with zero attached hydrogens (tertiary/aromatic N) is 3. The van der Waals surface area contributed by atoms with Gasteiger partial charge in [0.25, 0.3) is 0 Å². The predicted molar refractivity (Wildman–Crippen MR) is 143 cm³/mol. The Labute approximate surface area is 219 Å². The smallest absolute Gasteiger partial charge is 0.317 e. The Morgan fingerprint density at radius 2 is 1.84 bits per heavy atom. The van der Waals surface area contributed by atoms with Gasteiger partial charge in [0, 0.05) is 56.7 Å². The monoisotopic (exact) mass is 511 g/mol. The average Bonchev–Trinajstić information content (AvgIpc) is 2.83. The summed E-state index contributed by atoms with van der Waals surface area (Å²) in [6.45, 7) is 8.72. The van der Waals surface area contributed by atoms with Crippen molar-refractivity contribution in [2.45, 2.75) is 63.9 Å². The van der Waals surface area contributed by atoms with Crippen LogP contribution >= 0.6 is 0 Å². The van der Waals surface area contributed by atoms with Gasteiger partial charge in [-0.25, -0.2) is 0 Å². The van der Waals surface area contributed by atoms with Crippen LogP contribution in [0.1, 0.15) is 38.3 Å². The molecule has 2 aromatic rings. The zero-order chi connectivity index (χ0) is 26.8. The number of aliphatic carboxylic acids is 1. The van der Waals surface area contributed by atoms with E-state index in [0.717, 1.165) is 17.7 Å². The maximum atomic E-state index is 13.3. The van der Waals surface area contributed by atoms with E-state index in [1.807, 2.05) is 69.4 Å². The molecule has 1 saturated heterocycles. The van der Waals surface area contributed by atoms with Crippen molar-refractivity contribution in [2.75, 3.05) is 32.7 Å². The van der Waals surface area contributed by atoms with Gasteiger partial charge >= 0.3 is 5.97 Å². The first-order valence-electron chi connectivity index (χ1n) is 12.9. The predicted octanol–water partition coefficient (Wildman–Crippen LogP) is 1.52. The van der Waals surface area contributed by atoms with Crippen molar-refractivity contribution in [1.29, 1.82) is 0 Å². The molecule has 4 N–H and O–H groups in total. The molecule has 3 atom stereocenters. The SMILES string of the molecule is CC(C)(C)NC(=O)[C@@H]1CN(Cc2cccnc2)CCN1C[C@@H](O)CC(Cc1ccccc1)NCC(=O)O. The zero-order valence-electron chi connectivity index (χ0n) is 22.1. The fourth-order valence-electron chi connectivity index (χ4n) is 4.73. The van der Waals surface area contributed by atoms with Gasteiger partial charge in [0.15, 0.2) is 0 Å². The van der Waals surface area contributed by atoms with Crippen LogP contribution in [0.25, 0.3) is 0 Å². The molecule has 9 nitrogen and oxygen atoms in total. The topological polar surface area (TPSA) is 118 Å². The molecule has 0 spiro atoms. The van der Waals surface area contributed by atoms with Crippen LogP contribution in [0, 0.1) is 0 Å². The molecule has 1 aliphatic heterocycles. The molecule has 0 aliphatic carbocycles. The lowest BCUT2D eigenvalue weighted by molar-refractivity contribution is -0.136. The molecule has 37 heavy (non-hydrogen) atoms. The number of aliphatic hydroxyl groups is 1. The van der Waals surface area contributed by atoms with Crippen molar-refractivity contribution < 1.29 is 19.8 Å². The highest BCUT2D eigenvalue weighted by Crippen LogP contribution is 2.17. The lowest BCUT2D eigenvalue weighted by Crippen LogP contribution is -2.62. The molecule has 1 unspecified atom stereocenters. The highest BCUT2D eigenvalue weighted by molar-refractivity contribution is 5.82. The highest BCUT2D eigenvalue weighted by Gasteiger charge is 2.35. The number of nitrogens with one attached hydrogen (secondary N) is 2. The summed E-state index contributed by atoms with van der Waals surface area (Å²) in [5, 5.41) is 26.4. The number of aliphatic hydroxyl groups excluding tert-OH is 1. The number of carbonyl (C=O) groups excluding carboxylic acids is 1. The first-order valence-corrected chi connectivity index (χ1v) is 12.9. The van der Waals surface area contributed by atoms with Gasteiger partial charge in [-0.05, 0) is 50.8 Å². The summed E-state index contributed by atoms with van der Waals surface area (Å²) in [6, 6.07) is 13.2. The number of hydrogen-bond acceptors (Lipinski definition) is 7. The Morgan fingerprint density at radius 1 is 1.11 bits per heavy atom. The van der Waals surface area contributed by atoms with E-state index in [-0.39, 0.29) is 24.0 Å². The first kappa shape index (κ1) is 28.7. The Kier molecular flexibility index (Phi) is 10.6. The van der Waals surface area contributed by atoms with E-state index in [2.05, 4.69) is 25.4 Å². The van der Waals surface area contributed by atoms with E-state index in [1.54, 1.807) is 6.20 Å². The molecule has 3 rings (SSSR count). The molecular formula is C28H41N5O4. The molecular weight excluding hydrogens is 470 g/mol. The van der Waals surface area contributed by atoms with E-state index in [1.165, 1.54) is 0 Å². The van der Waals surface area contributed by atoms with E-state index in [0.29, 0.717) is 39.0 Å². The van der Waals surface area contributed by atoms with Crippen LogP contribution in [0.5, 0.6) is 0 Å². The molecule has 1 amide bonds. The summed E-state index contributed by atoms with van der Waals surface area (Å²) in [6.07, 6.45) is 3.87. The van der Waals surface area contributed by atoms with E-state index in [9.17, 15) is 14.7 Å². The summed E-state index contributed by atoms with van der Waals surface area (Å²) < 4.78 is 0. The number of benzene rings is 1. The van der Waals surface area contributed by atoms with Gasteiger partial charge in [-0.3, -0.25) is 24.4 Å². The zero-order valence-corrected chi connectivity index (χ0v) is 22.1. The van der Waals surface area contributed by atoms with Crippen LogP contribution in [0.2, 0.25) is 0 Å². The van der Waals surface area contributed by atoms with Crippen molar-refractivity contribution in [2.24, 2.45) is 0 Å². The third-order valence-electron chi connectivity index (χ3n) is 6.37. The Morgan fingerprint density at radius 3 is 2.49 bits per heavy atom. The summed E-state index contributed by atoms with van der Waals surface area (Å²) in [5.74, 6) is -0.989. The van der Waals surface area contributed by atoms with Crippen LogP contribution in [0.3, 0.4) is 0 Å². The maximum absolute atomic E-state index is 13.3. The van der Waals surface area contributed by atoms with Crippen LogP contribution in [0.4, 0.5) is 0 Å². The summed E-state index contributed by atoms with van der Waals surface area (Å²) in [4.78, 5) is 33.0. The number of piperazine rings is 1. The molecule has 9 heteroatoms. The minimum Gasteiger partial charge on any atom is -0.480 e. The summed E-state index contributed by atoms with van der Waals surface area (Å²) >= 11 is 0. The van der Waals surface area contributed by atoms with Crippen LogP contribution in [-0.2, 0) is 22.6 Å². The fraction of sp³-hybridized carbons (Fsp3) is 0.536. The standard InChI is InChI=1S/C28H41N5O4/c1-28(2,3)31-27(37)25-20-32(18-22-10-7-11-29-16-22)12-13-33(25)19-24(34)15-23(30-17-26(35)36)14-21-8-5-4-6-9-21/h4-11,16,23-25,30,34H,12-15,17-20H2,1-3H3,(H,31,37)(H,35,36)/t23?,24-,25-/m0/s1. The molecule has 0 radical (unpaired) electrons. The van der Waals surface area contributed by atoms with Crippen LogP contribution in [0.15, 0.2) is 54.9 Å². The second-order valence-electron chi connectivity index (χ2n) is 10.9. The molecule has 1 aromatic carbocycles. The summed E-state index contributed by atoms with van der Waals surface area (Å²) in [5.41, 5.74) is 1.80. The van der Waals surface area contributed by atoms with Gasteiger partial charge in [0.1, 0.15) is 6.04 Å². The Balaban J connectivity index is 1.66. The summed E-state index contributed by atoms with van der Waals surface area (Å²) in [7, 11) is 0. The maximum Gasteiger partial charge on any atom is 0.317 e. The van der Waals surface area contributed by atoms with Gasteiger partial charge in [-0.15, -0.1) is 0 Å². The molecule has 1 aliphatic rings. The number of hydrogen-bond donors (Lipinski definition) is 4. The quantitative estimate of drug-likeness (QED) is 0.339. The van der Waals surface area contributed by atoms with E-state index < -0.39 is 18.1 Å². The van der Waals surface area contributed by atoms with Crippen molar-refractivity contribution in [3.63, 3.8) is 0 Å². The molecule has 0 saturated carbocycles. The number of carboxylic acid groups (broad SMARTS) is 1. The second-order valence-corrected chi connectivity index (χ2v) is 10.9. The number of pyridine rings is 1. The number of aromatic nitrogens is 1. The van der Waals surface area contributed by atoms with E-state index in [4.69, 9.17) is 5.11 Å². The highest BCUT2D eigenvalue weighted by atomic mass is 16.4. The molecule has 202 valence electrons. The minimum atomic E-state index is -0.934.